The smallest absolute Gasteiger partial charge is 0.396 e. The van der Waals surface area contributed by atoms with E-state index in [1.807, 2.05) is 25.1 Å². The third-order valence-electron chi connectivity index (χ3n) is 4.20. The molecule has 0 amide bonds. The van der Waals surface area contributed by atoms with E-state index in [1.54, 1.807) is 24.3 Å². The van der Waals surface area contributed by atoms with Crippen molar-refractivity contribution in [2.75, 3.05) is 0 Å². The summed E-state index contributed by atoms with van der Waals surface area (Å²) >= 11 is 3.53. The number of rotatable bonds is 1. The van der Waals surface area contributed by atoms with Gasteiger partial charge in [0.15, 0.2) is 5.70 Å². The second-order valence-electron chi connectivity index (χ2n) is 5.53. The molecule has 0 bridgehead atoms. The minimum Gasteiger partial charge on any atom is -0.396 e. The number of fused-ring (bicyclic) bond motifs is 2. The molecule has 3 heterocycles. The molecule has 2 aromatic rings. The third kappa shape index (κ3) is 1.73. The maximum absolute atomic E-state index is 14.7. The van der Waals surface area contributed by atoms with Gasteiger partial charge < -0.3 is 17.6 Å². The molecule has 1 aromatic heterocycles. The van der Waals surface area contributed by atoms with E-state index in [4.69, 9.17) is 0 Å². The summed E-state index contributed by atoms with van der Waals surface area (Å²) in [4.78, 5) is 0. The quantitative estimate of drug-likeness (QED) is 0.673. The Morgan fingerprint density at radius 3 is 2.82 bits per heavy atom. The fraction of sp³-hybridized carbons (Fsp3) is 0.0625. The molecule has 2 aliphatic rings. The van der Waals surface area contributed by atoms with E-state index in [0.717, 1.165) is 30.1 Å². The van der Waals surface area contributed by atoms with Crippen molar-refractivity contribution in [2.24, 2.45) is 0 Å². The van der Waals surface area contributed by atoms with Crippen LogP contribution in [0, 0.1) is 6.92 Å². The highest BCUT2D eigenvalue weighted by Crippen LogP contribution is 2.39. The van der Waals surface area contributed by atoms with Crippen LogP contribution in [0.4, 0.5) is 8.63 Å². The predicted molar refractivity (Wildman–Crippen MR) is 88.2 cm³/mol. The van der Waals surface area contributed by atoms with E-state index in [9.17, 15) is 8.63 Å². The molecule has 6 heteroatoms. The highest BCUT2D eigenvalue weighted by atomic mass is 79.9. The zero-order valence-corrected chi connectivity index (χ0v) is 13.4. The molecule has 0 N–H and O–H groups in total. The number of aryl methyl sites for hydroxylation is 1. The monoisotopic (exact) mass is 360 g/mol. The lowest BCUT2D eigenvalue weighted by atomic mass is 9.86. The summed E-state index contributed by atoms with van der Waals surface area (Å²) in [5.41, 5.74) is 3.95. The Bertz CT molecular complexity index is 893. The zero-order valence-electron chi connectivity index (χ0n) is 11.8. The van der Waals surface area contributed by atoms with Gasteiger partial charge in [-0.3, -0.25) is 0 Å². The molecular formula is C16H12BBrF2N2. The Morgan fingerprint density at radius 1 is 1.23 bits per heavy atom. The zero-order chi connectivity index (χ0) is 15.5. The molecule has 0 saturated carbocycles. The molecule has 22 heavy (non-hydrogen) atoms. The lowest BCUT2D eigenvalue weighted by Gasteiger charge is -2.31. The number of benzene rings is 1. The largest absolute Gasteiger partial charge is 0.737 e. The average molecular weight is 361 g/mol. The molecule has 0 unspecified atom stereocenters. The Morgan fingerprint density at radius 2 is 2.05 bits per heavy atom. The first kappa shape index (κ1) is 13.7. The van der Waals surface area contributed by atoms with E-state index >= 15 is 0 Å². The van der Waals surface area contributed by atoms with Gasteiger partial charge in [0.2, 0.25) is 0 Å². The van der Waals surface area contributed by atoms with Crippen LogP contribution in [-0.2, 0) is 0 Å². The van der Waals surface area contributed by atoms with Crippen LogP contribution >= 0.6 is 15.9 Å². The first-order chi connectivity index (χ1) is 10.5. The lowest BCUT2D eigenvalue weighted by Crippen LogP contribution is -2.49. The standard InChI is InChI=1S/C16H12BBrF2N2/c1-11-6-7-12(10-13(11)18)16-14-4-2-8-21(14)17(19,20)22-9-3-5-15(16)22/h2-10H,1H3. The Kier molecular flexibility index (Phi) is 2.82. The van der Waals surface area contributed by atoms with Gasteiger partial charge in [0, 0.05) is 22.3 Å². The van der Waals surface area contributed by atoms with Crippen molar-refractivity contribution in [2.45, 2.75) is 6.92 Å². The van der Waals surface area contributed by atoms with Crippen LogP contribution in [0.1, 0.15) is 16.8 Å². The van der Waals surface area contributed by atoms with Crippen LogP contribution in [0.15, 0.2) is 58.9 Å². The summed E-state index contributed by atoms with van der Waals surface area (Å²) in [6.45, 7) is -1.83. The van der Waals surface area contributed by atoms with Crippen molar-refractivity contribution >= 4 is 34.7 Å². The minimum atomic E-state index is -3.83. The van der Waals surface area contributed by atoms with Gasteiger partial charge in [0.25, 0.3) is 0 Å². The van der Waals surface area contributed by atoms with E-state index in [2.05, 4.69) is 15.9 Å². The van der Waals surface area contributed by atoms with Crippen LogP contribution in [0.3, 0.4) is 0 Å². The first-order valence-electron chi connectivity index (χ1n) is 7.00. The molecular weight excluding hydrogens is 349 g/mol. The first-order valence-corrected chi connectivity index (χ1v) is 7.80. The maximum Gasteiger partial charge on any atom is 0.737 e. The molecule has 110 valence electrons. The van der Waals surface area contributed by atoms with Crippen LogP contribution < -0.4 is 0 Å². The fourth-order valence-corrected chi connectivity index (χ4v) is 3.44. The van der Waals surface area contributed by atoms with Gasteiger partial charge in [0.1, 0.15) is 6.21 Å². The van der Waals surface area contributed by atoms with Gasteiger partial charge in [0.05, 0.1) is 5.57 Å². The molecule has 0 saturated heterocycles. The molecule has 0 radical (unpaired) electrons. The molecule has 0 fully saturated rings. The van der Waals surface area contributed by atoms with E-state index in [0.29, 0.717) is 11.4 Å². The number of allylic oxidation sites excluding steroid dienone is 2. The summed E-state index contributed by atoms with van der Waals surface area (Å²) < 4.78 is 32.4. The van der Waals surface area contributed by atoms with Gasteiger partial charge in [-0.15, -0.1) is 0 Å². The summed E-state index contributed by atoms with van der Waals surface area (Å²) in [7, 11) is 0. The van der Waals surface area contributed by atoms with Gasteiger partial charge in [-0.05, 0) is 42.4 Å². The number of aromatic nitrogens is 1. The van der Waals surface area contributed by atoms with Crippen molar-refractivity contribution in [1.82, 2.24) is 4.48 Å². The number of nitrogens with zero attached hydrogens (tertiary/aromatic N) is 2. The van der Waals surface area contributed by atoms with Gasteiger partial charge >= 0.3 is 6.97 Å². The maximum atomic E-state index is 14.7. The topological polar surface area (TPSA) is 7.94 Å². The van der Waals surface area contributed by atoms with Crippen LogP contribution in [0.25, 0.3) is 5.57 Å². The Labute approximate surface area is 135 Å². The normalized spacial score (nSPS) is 18.3. The molecule has 2 nitrogen and oxygen atoms in total. The van der Waals surface area contributed by atoms with E-state index in [-0.39, 0.29) is 0 Å². The van der Waals surface area contributed by atoms with Gasteiger partial charge in [-0.1, -0.05) is 28.1 Å². The van der Waals surface area contributed by atoms with Crippen molar-refractivity contribution in [3.63, 3.8) is 0 Å². The van der Waals surface area contributed by atoms with E-state index < -0.39 is 6.97 Å². The predicted octanol–water partition coefficient (Wildman–Crippen LogP) is 4.21. The van der Waals surface area contributed by atoms with Crippen LogP contribution in [0.2, 0.25) is 0 Å². The summed E-state index contributed by atoms with van der Waals surface area (Å²) in [6.07, 6.45) is 6.30. The molecule has 4 rings (SSSR count). The SMILES string of the molecule is Cc1ccc(C2=C3C=CC=[N+]3[B-](F)(F)n3cccc32)cc1Br. The molecule has 0 spiro atoms. The van der Waals surface area contributed by atoms with Gasteiger partial charge in [-0.2, -0.15) is 0 Å². The fourth-order valence-electron chi connectivity index (χ4n) is 3.06. The average Bonchev–Trinajstić information content (AvgIpc) is 3.12. The van der Waals surface area contributed by atoms with E-state index in [1.165, 1.54) is 12.4 Å². The van der Waals surface area contributed by atoms with Crippen molar-refractivity contribution in [3.05, 3.63) is 75.7 Å². The van der Waals surface area contributed by atoms with Crippen molar-refractivity contribution in [3.8, 4) is 0 Å². The lowest BCUT2D eigenvalue weighted by molar-refractivity contribution is -0.356. The summed E-state index contributed by atoms with van der Waals surface area (Å²) in [5, 5.41) is 0. The Balaban J connectivity index is 2.04. The highest BCUT2D eigenvalue weighted by molar-refractivity contribution is 9.10. The molecule has 0 aliphatic carbocycles. The molecule has 0 atom stereocenters. The van der Waals surface area contributed by atoms with Crippen molar-refractivity contribution < 1.29 is 13.1 Å². The second-order valence-corrected chi connectivity index (χ2v) is 6.38. The minimum absolute atomic E-state index is 0.548. The van der Waals surface area contributed by atoms with Crippen LogP contribution in [0.5, 0.6) is 0 Å². The number of halogens is 3. The number of hydrogen-bond acceptors (Lipinski definition) is 0. The van der Waals surface area contributed by atoms with Gasteiger partial charge in [-0.25, -0.2) is 0 Å². The van der Waals surface area contributed by atoms with Crippen LogP contribution in [-0.4, -0.2) is 22.1 Å². The highest BCUT2D eigenvalue weighted by Gasteiger charge is 2.51. The summed E-state index contributed by atoms with van der Waals surface area (Å²) in [6, 6.07) is 9.36. The summed E-state index contributed by atoms with van der Waals surface area (Å²) in [5.74, 6) is 0. The van der Waals surface area contributed by atoms with Crippen molar-refractivity contribution in [1.29, 1.82) is 0 Å². The molecule has 2 aliphatic heterocycles. The molecule has 1 aromatic carbocycles. The third-order valence-corrected chi connectivity index (χ3v) is 5.05. The number of hydrogen-bond donors (Lipinski definition) is 0. The second kappa shape index (κ2) is 4.52. The Hall–Kier alpha value is -1.95.